The van der Waals surface area contributed by atoms with Gasteiger partial charge in [0.15, 0.2) is 0 Å². The van der Waals surface area contributed by atoms with Crippen molar-refractivity contribution in [3.05, 3.63) is 60.3 Å². The number of carbonyl (C=O) groups is 1. The van der Waals surface area contributed by atoms with Crippen LogP contribution in [-0.2, 0) is 16.0 Å². The zero-order valence-corrected chi connectivity index (χ0v) is 17.7. The van der Waals surface area contributed by atoms with Crippen LogP contribution in [0, 0.1) is 0 Å². The molecule has 1 fully saturated rings. The van der Waals surface area contributed by atoms with Gasteiger partial charge in [-0.15, -0.1) is 0 Å². The van der Waals surface area contributed by atoms with Gasteiger partial charge in [0.2, 0.25) is 11.9 Å². The SMILES string of the molecule is O=C1Cc2cnc(Nc3ccc(OCCN4CCOCC4)cc3)nc2-c2ccccc2N1. The van der Waals surface area contributed by atoms with Gasteiger partial charge in [-0.1, -0.05) is 18.2 Å². The van der Waals surface area contributed by atoms with E-state index in [9.17, 15) is 4.79 Å². The quantitative estimate of drug-likeness (QED) is 0.620. The van der Waals surface area contributed by atoms with E-state index in [-0.39, 0.29) is 12.3 Å². The molecule has 2 aliphatic rings. The predicted molar refractivity (Wildman–Crippen MR) is 122 cm³/mol. The van der Waals surface area contributed by atoms with Gasteiger partial charge >= 0.3 is 0 Å². The van der Waals surface area contributed by atoms with Crippen LogP contribution < -0.4 is 15.4 Å². The Bertz CT molecular complexity index is 1100. The van der Waals surface area contributed by atoms with E-state index in [1.807, 2.05) is 48.5 Å². The number of nitrogens with one attached hydrogen (secondary N) is 2. The zero-order chi connectivity index (χ0) is 21.8. The molecule has 0 atom stereocenters. The van der Waals surface area contributed by atoms with E-state index < -0.39 is 0 Å². The minimum absolute atomic E-state index is 0.0651. The minimum Gasteiger partial charge on any atom is -0.492 e. The number of hydrogen-bond donors (Lipinski definition) is 2. The molecule has 32 heavy (non-hydrogen) atoms. The van der Waals surface area contributed by atoms with Crippen LogP contribution in [0.4, 0.5) is 17.3 Å². The number of morpholine rings is 1. The van der Waals surface area contributed by atoms with Crippen molar-refractivity contribution in [2.75, 3.05) is 50.1 Å². The van der Waals surface area contributed by atoms with Crippen LogP contribution >= 0.6 is 0 Å². The van der Waals surface area contributed by atoms with Crippen LogP contribution in [0.25, 0.3) is 11.3 Å². The summed E-state index contributed by atoms with van der Waals surface area (Å²) in [6.07, 6.45) is 1.97. The largest absolute Gasteiger partial charge is 0.492 e. The highest BCUT2D eigenvalue weighted by molar-refractivity contribution is 5.99. The summed E-state index contributed by atoms with van der Waals surface area (Å²) >= 11 is 0. The van der Waals surface area contributed by atoms with Gasteiger partial charge in [0.25, 0.3) is 0 Å². The Morgan fingerprint density at radius 1 is 1.09 bits per heavy atom. The van der Waals surface area contributed by atoms with E-state index in [2.05, 4.69) is 20.5 Å². The van der Waals surface area contributed by atoms with Crippen LogP contribution in [-0.4, -0.2) is 60.2 Å². The standard InChI is InChI=1S/C24H25N5O3/c30-22-15-17-16-25-24(28-23(17)20-3-1-2-4-21(20)27-22)26-18-5-7-19(8-6-18)32-14-11-29-9-12-31-13-10-29/h1-8,16H,9-15H2,(H,27,30)(H,25,26,28). The van der Waals surface area contributed by atoms with Crippen molar-refractivity contribution in [2.45, 2.75) is 6.42 Å². The van der Waals surface area contributed by atoms with Crippen molar-refractivity contribution >= 4 is 23.2 Å². The summed E-state index contributed by atoms with van der Waals surface area (Å²) in [5.74, 6) is 1.24. The first kappa shape index (κ1) is 20.4. The lowest BCUT2D eigenvalue weighted by atomic mass is 10.1. The molecule has 0 saturated carbocycles. The van der Waals surface area contributed by atoms with Gasteiger partial charge in [-0.2, -0.15) is 0 Å². The van der Waals surface area contributed by atoms with Crippen molar-refractivity contribution in [3.63, 3.8) is 0 Å². The molecule has 1 aromatic heterocycles. The molecule has 8 heteroatoms. The summed E-state index contributed by atoms with van der Waals surface area (Å²) in [5, 5.41) is 6.18. The number of amides is 1. The highest BCUT2D eigenvalue weighted by Crippen LogP contribution is 2.32. The van der Waals surface area contributed by atoms with Crippen molar-refractivity contribution in [2.24, 2.45) is 0 Å². The summed E-state index contributed by atoms with van der Waals surface area (Å²) in [7, 11) is 0. The highest BCUT2D eigenvalue weighted by atomic mass is 16.5. The number of carbonyl (C=O) groups excluding carboxylic acids is 1. The number of para-hydroxylation sites is 1. The smallest absolute Gasteiger partial charge is 0.228 e. The van der Waals surface area contributed by atoms with Crippen molar-refractivity contribution in [3.8, 4) is 17.0 Å². The van der Waals surface area contributed by atoms with Crippen molar-refractivity contribution < 1.29 is 14.3 Å². The molecule has 164 valence electrons. The molecule has 8 nitrogen and oxygen atoms in total. The first-order chi connectivity index (χ1) is 15.7. The number of aromatic nitrogens is 2. The topological polar surface area (TPSA) is 88.6 Å². The van der Waals surface area contributed by atoms with E-state index >= 15 is 0 Å². The zero-order valence-electron chi connectivity index (χ0n) is 17.7. The second kappa shape index (κ2) is 9.33. The summed E-state index contributed by atoms with van der Waals surface area (Å²) in [5.41, 5.74) is 4.09. The van der Waals surface area contributed by atoms with Crippen molar-refractivity contribution in [1.29, 1.82) is 0 Å². The molecule has 0 unspecified atom stereocenters. The Hall–Kier alpha value is -3.49. The molecule has 0 radical (unpaired) electrons. The molecule has 0 bridgehead atoms. The number of hydrogen-bond acceptors (Lipinski definition) is 7. The maximum absolute atomic E-state index is 12.2. The first-order valence-electron chi connectivity index (χ1n) is 10.8. The summed E-state index contributed by atoms with van der Waals surface area (Å²) < 4.78 is 11.2. The Morgan fingerprint density at radius 2 is 1.91 bits per heavy atom. The minimum atomic E-state index is -0.0651. The van der Waals surface area contributed by atoms with Gasteiger partial charge < -0.3 is 20.1 Å². The van der Waals surface area contributed by atoms with E-state index in [1.54, 1.807) is 6.20 Å². The highest BCUT2D eigenvalue weighted by Gasteiger charge is 2.20. The molecule has 3 aromatic rings. The van der Waals surface area contributed by atoms with Gasteiger partial charge in [0.1, 0.15) is 12.4 Å². The first-order valence-corrected chi connectivity index (χ1v) is 10.8. The molecule has 0 aliphatic carbocycles. The van der Waals surface area contributed by atoms with Gasteiger partial charge in [-0.3, -0.25) is 9.69 Å². The fourth-order valence-electron chi connectivity index (χ4n) is 3.88. The molecule has 1 amide bonds. The molecule has 0 spiro atoms. The monoisotopic (exact) mass is 431 g/mol. The summed E-state index contributed by atoms with van der Waals surface area (Å²) in [4.78, 5) is 23.6. The molecule has 1 saturated heterocycles. The average Bonchev–Trinajstić information content (AvgIpc) is 2.96. The third-order valence-corrected chi connectivity index (χ3v) is 5.56. The van der Waals surface area contributed by atoms with Gasteiger partial charge in [-0.25, -0.2) is 9.97 Å². The fourth-order valence-corrected chi connectivity index (χ4v) is 3.88. The molecule has 2 aliphatic heterocycles. The normalized spacial score (nSPS) is 15.8. The van der Waals surface area contributed by atoms with Gasteiger partial charge in [0, 0.05) is 42.6 Å². The van der Waals surface area contributed by atoms with Crippen LogP contribution in [0.1, 0.15) is 5.56 Å². The maximum atomic E-state index is 12.2. The summed E-state index contributed by atoms with van der Waals surface area (Å²) in [6.45, 7) is 5.05. The number of fused-ring (bicyclic) bond motifs is 3. The number of anilines is 3. The van der Waals surface area contributed by atoms with E-state index in [1.165, 1.54) is 0 Å². The van der Waals surface area contributed by atoms with Crippen LogP contribution in [0.2, 0.25) is 0 Å². The van der Waals surface area contributed by atoms with Gasteiger partial charge in [0.05, 0.1) is 31.0 Å². The van der Waals surface area contributed by atoms with E-state index in [0.717, 1.165) is 66.8 Å². The summed E-state index contributed by atoms with van der Waals surface area (Å²) in [6, 6.07) is 15.4. The third kappa shape index (κ3) is 4.71. The Kier molecular flexibility index (Phi) is 5.96. The van der Waals surface area contributed by atoms with Gasteiger partial charge in [-0.05, 0) is 30.3 Å². The number of ether oxygens (including phenoxy) is 2. The molecular formula is C24H25N5O3. The Labute approximate surface area is 186 Å². The lowest BCUT2D eigenvalue weighted by molar-refractivity contribution is -0.115. The molecule has 2 aromatic carbocycles. The second-order valence-corrected chi connectivity index (χ2v) is 7.79. The predicted octanol–water partition coefficient (Wildman–Crippen LogP) is 3.09. The molecule has 2 N–H and O–H groups in total. The number of nitrogens with zero attached hydrogens (tertiary/aromatic N) is 3. The molecule has 3 heterocycles. The Balaban J connectivity index is 1.25. The lowest BCUT2D eigenvalue weighted by Crippen LogP contribution is -2.38. The second-order valence-electron chi connectivity index (χ2n) is 7.79. The average molecular weight is 431 g/mol. The third-order valence-electron chi connectivity index (χ3n) is 5.56. The fraction of sp³-hybridized carbons (Fsp3) is 0.292. The van der Waals surface area contributed by atoms with E-state index in [0.29, 0.717) is 12.6 Å². The Morgan fingerprint density at radius 3 is 2.75 bits per heavy atom. The van der Waals surface area contributed by atoms with Crippen LogP contribution in [0.3, 0.4) is 0 Å². The molecule has 5 rings (SSSR count). The van der Waals surface area contributed by atoms with Crippen molar-refractivity contribution in [1.82, 2.24) is 14.9 Å². The van der Waals surface area contributed by atoms with Crippen LogP contribution in [0.5, 0.6) is 5.75 Å². The number of rotatable bonds is 6. The van der Waals surface area contributed by atoms with Crippen LogP contribution in [0.15, 0.2) is 54.7 Å². The lowest BCUT2D eigenvalue weighted by Gasteiger charge is -2.26. The van der Waals surface area contributed by atoms with E-state index in [4.69, 9.17) is 14.5 Å². The number of benzene rings is 2. The maximum Gasteiger partial charge on any atom is 0.228 e. The molecular weight excluding hydrogens is 406 g/mol.